The Hall–Kier alpha value is -1.61. The van der Waals surface area contributed by atoms with Crippen LogP contribution in [0, 0.1) is 46.3 Å². The number of esters is 1. The minimum absolute atomic E-state index is 0.0347. The third kappa shape index (κ3) is 5.02. The molecule has 1 aromatic rings. The zero-order valence-electron chi connectivity index (χ0n) is 24.9. The highest BCUT2D eigenvalue weighted by Crippen LogP contribution is 2.67. The van der Waals surface area contributed by atoms with Crippen LogP contribution in [0.25, 0.3) is 0 Å². The average Bonchev–Trinajstić information content (AvgIpc) is 3.26. The molecule has 3 saturated carbocycles. The molecule has 0 aromatic heterocycles. The average molecular weight is 521 g/mol. The van der Waals surface area contributed by atoms with Crippen molar-refractivity contribution in [3.05, 3.63) is 47.5 Å². The molecule has 0 N–H and O–H groups in total. The largest absolute Gasteiger partial charge is 0.458 e. The molecule has 3 nitrogen and oxygen atoms in total. The molecular weight excluding hydrogens is 468 g/mol. The highest BCUT2D eigenvalue weighted by Gasteiger charge is 2.61. The minimum Gasteiger partial charge on any atom is -0.458 e. The second-order valence-electron chi connectivity index (χ2n) is 14.3. The number of hydrogen-bond donors (Lipinski definition) is 0. The van der Waals surface area contributed by atoms with Crippen LogP contribution >= 0.6 is 0 Å². The van der Waals surface area contributed by atoms with Crippen molar-refractivity contribution in [1.82, 2.24) is 0 Å². The lowest BCUT2D eigenvalue weighted by Crippen LogP contribution is -2.55. The molecule has 1 aromatic carbocycles. The topological polar surface area (TPSA) is 35.5 Å². The number of ether oxygens (including phenoxy) is 2. The van der Waals surface area contributed by atoms with Crippen molar-refractivity contribution in [3.8, 4) is 0 Å². The van der Waals surface area contributed by atoms with E-state index in [4.69, 9.17) is 9.47 Å². The summed E-state index contributed by atoms with van der Waals surface area (Å²) in [5.41, 5.74) is 2.79. The maximum Gasteiger partial charge on any atom is 0.338 e. The van der Waals surface area contributed by atoms with Crippen LogP contribution in [0.5, 0.6) is 0 Å². The van der Waals surface area contributed by atoms with Crippen LogP contribution in [0.3, 0.4) is 0 Å². The summed E-state index contributed by atoms with van der Waals surface area (Å²) in [5, 5.41) is 0. The van der Waals surface area contributed by atoms with Gasteiger partial charge in [-0.25, -0.2) is 4.79 Å². The van der Waals surface area contributed by atoms with E-state index in [1.165, 1.54) is 50.5 Å². The molecule has 0 radical (unpaired) electrons. The van der Waals surface area contributed by atoms with Gasteiger partial charge in [-0.05, 0) is 97.0 Å². The molecule has 0 spiro atoms. The zero-order valence-corrected chi connectivity index (χ0v) is 24.9. The van der Waals surface area contributed by atoms with Crippen LogP contribution in [-0.4, -0.2) is 25.3 Å². The molecule has 4 aliphatic rings. The number of carbonyl (C=O) groups is 1. The van der Waals surface area contributed by atoms with Gasteiger partial charge in [0.15, 0.2) is 0 Å². The molecule has 3 fully saturated rings. The summed E-state index contributed by atoms with van der Waals surface area (Å²) in [5.74, 6) is 4.34. The quantitative estimate of drug-likeness (QED) is 0.254. The smallest absolute Gasteiger partial charge is 0.338 e. The summed E-state index contributed by atoms with van der Waals surface area (Å²) in [4.78, 5) is 12.8. The number of methoxy groups -OCH3 is 1. The number of benzene rings is 1. The van der Waals surface area contributed by atoms with Gasteiger partial charge in [-0.2, -0.15) is 0 Å². The van der Waals surface area contributed by atoms with E-state index in [2.05, 4.69) is 40.7 Å². The monoisotopic (exact) mass is 520 g/mol. The van der Waals surface area contributed by atoms with Crippen molar-refractivity contribution in [1.29, 1.82) is 0 Å². The maximum absolute atomic E-state index is 12.8. The van der Waals surface area contributed by atoms with Crippen LogP contribution in [0.15, 0.2) is 42.0 Å². The van der Waals surface area contributed by atoms with Gasteiger partial charge in [0.25, 0.3) is 0 Å². The maximum atomic E-state index is 12.8. The van der Waals surface area contributed by atoms with E-state index in [9.17, 15) is 4.79 Å². The van der Waals surface area contributed by atoms with Crippen molar-refractivity contribution in [2.45, 2.75) is 111 Å². The summed E-state index contributed by atoms with van der Waals surface area (Å²) < 4.78 is 12.3. The summed E-state index contributed by atoms with van der Waals surface area (Å²) in [6.45, 7) is 12.4. The van der Waals surface area contributed by atoms with E-state index in [0.29, 0.717) is 22.8 Å². The van der Waals surface area contributed by atoms with E-state index in [0.717, 1.165) is 42.9 Å². The van der Waals surface area contributed by atoms with Crippen LogP contribution in [0.1, 0.15) is 109 Å². The fourth-order valence-electron chi connectivity index (χ4n) is 9.73. The molecule has 4 aliphatic carbocycles. The standard InChI is InChI=1S/C35H52O3/c1-23(2)11-10-12-24(3)28-15-16-29-32-30(18-20-35(28,29)5)34(4)19-17-27(21-26(34)22-31(32)37-6)38-33(36)25-13-8-7-9-14-25/h7-9,13-14,22-24,27-32H,10-12,15-21H2,1-6H3/t24-,27+,28+,29-,30-,31-,32-,34+,35-/m1/s1. The van der Waals surface area contributed by atoms with Gasteiger partial charge in [-0.15, -0.1) is 0 Å². The Morgan fingerprint density at radius 3 is 2.45 bits per heavy atom. The molecule has 0 unspecified atom stereocenters. The fourth-order valence-corrected chi connectivity index (χ4v) is 9.73. The van der Waals surface area contributed by atoms with Gasteiger partial charge in [-0.3, -0.25) is 0 Å². The van der Waals surface area contributed by atoms with Gasteiger partial charge < -0.3 is 9.47 Å². The third-order valence-corrected chi connectivity index (χ3v) is 11.8. The highest BCUT2D eigenvalue weighted by atomic mass is 16.5. The predicted molar refractivity (Wildman–Crippen MR) is 155 cm³/mol. The summed E-state index contributed by atoms with van der Waals surface area (Å²) >= 11 is 0. The van der Waals surface area contributed by atoms with E-state index in [1.54, 1.807) is 0 Å². The van der Waals surface area contributed by atoms with E-state index in [-0.39, 0.29) is 23.6 Å². The van der Waals surface area contributed by atoms with Gasteiger partial charge in [0.05, 0.1) is 11.7 Å². The van der Waals surface area contributed by atoms with Crippen molar-refractivity contribution < 1.29 is 14.3 Å². The van der Waals surface area contributed by atoms with Gasteiger partial charge >= 0.3 is 5.97 Å². The van der Waals surface area contributed by atoms with Crippen LogP contribution in [0.2, 0.25) is 0 Å². The Morgan fingerprint density at radius 1 is 0.974 bits per heavy atom. The number of carbonyl (C=O) groups excluding carboxylic acids is 1. The van der Waals surface area contributed by atoms with Gasteiger partial charge in [0, 0.05) is 13.5 Å². The first kappa shape index (κ1) is 27.9. The molecule has 210 valence electrons. The SMILES string of the molecule is CO[C@@H]1C=C2C[C@@H](OC(=O)c3ccccc3)CC[C@]2(C)[C@@H]2CC[C@@]3(C)[C@H](CC[C@H]3[C@H](C)CCCC(C)C)[C@H]21. The fraction of sp³-hybridized carbons (Fsp3) is 0.743. The zero-order chi connectivity index (χ0) is 27.1. The summed E-state index contributed by atoms with van der Waals surface area (Å²) in [7, 11) is 1.92. The molecule has 38 heavy (non-hydrogen) atoms. The minimum atomic E-state index is -0.190. The summed E-state index contributed by atoms with van der Waals surface area (Å²) in [6.07, 6.45) is 15.1. The van der Waals surface area contributed by atoms with E-state index < -0.39 is 0 Å². The molecule has 5 rings (SSSR count). The lowest BCUT2D eigenvalue weighted by atomic mass is 9.46. The predicted octanol–water partition coefficient (Wildman–Crippen LogP) is 8.88. The molecule has 9 atom stereocenters. The Balaban J connectivity index is 1.32. The number of fused-ring (bicyclic) bond motifs is 5. The van der Waals surface area contributed by atoms with Crippen LogP contribution in [-0.2, 0) is 9.47 Å². The third-order valence-electron chi connectivity index (χ3n) is 11.8. The van der Waals surface area contributed by atoms with Gasteiger partial charge in [0.2, 0.25) is 0 Å². The molecule has 0 heterocycles. The van der Waals surface area contributed by atoms with E-state index in [1.807, 2.05) is 37.4 Å². The second kappa shape index (κ2) is 11.1. The van der Waals surface area contributed by atoms with Crippen LogP contribution in [0.4, 0.5) is 0 Å². The molecule has 0 aliphatic heterocycles. The molecule has 0 bridgehead atoms. The first-order valence-corrected chi connectivity index (χ1v) is 15.7. The van der Waals surface area contributed by atoms with Crippen LogP contribution < -0.4 is 0 Å². The van der Waals surface area contributed by atoms with Gasteiger partial charge in [-0.1, -0.05) is 83.7 Å². The first-order valence-electron chi connectivity index (χ1n) is 15.7. The number of rotatable bonds is 8. The van der Waals surface area contributed by atoms with Crippen molar-refractivity contribution in [3.63, 3.8) is 0 Å². The van der Waals surface area contributed by atoms with Gasteiger partial charge in [0.1, 0.15) is 6.10 Å². The Labute approximate surface area is 232 Å². The van der Waals surface area contributed by atoms with Crippen molar-refractivity contribution in [2.75, 3.05) is 7.11 Å². The number of hydrogen-bond acceptors (Lipinski definition) is 3. The Kier molecular flexibility index (Phi) is 8.17. The first-order chi connectivity index (χ1) is 18.2. The lowest BCUT2D eigenvalue weighted by molar-refractivity contribution is -0.106. The lowest BCUT2D eigenvalue weighted by Gasteiger charge is -2.60. The normalized spacial score (nSPS) is 39.1. The highest BCUT2D eigenvalue weighted by molar-refractivity contribution is 5.89. The van der Waals surface area contributed by atoms with Crippen molar-refractivity contribution in [2.24, 2.45) is 46.3 Å². The Morgan fingerprint density at radius 2 is 1.74 bits per heavy atom. The molecule has 0 saturated heterocycles. The van der Waals surface area contributed by atoms with Crippen molar-refractivity contribution >= 4 is 5.97 Å². The molecule has 3 heteroatoms. The molecular formula is C35H52O3. The van der Waals surface area contributed by atoms with E-state index >= 15 is 0 Å². The molecule has 0 amide bonds. The summed E-state index contributed by atoms with van der Waals surface area (Å²) in [6, 6.07) is 9.43. The second-order valence-corrected chi connectivity index (χ2v) is 14.3. The Bertz CT molecular complexity index is 998.